The number of hydrogen-bond acceptors (Lipinski definition) is 5. The van der Waals surface area contributed by atoms with Gasteiger partial charge in [-0.2, -0.15) is 0 Å². The maximum absolute atomic E-state index is 12.7. The smallest absolute Gasteiger partial charge is 0.350 e. The SMILES string of the molecule is C[C@H]1CCCN(c2nccn3c(=O)n(CC(=O)Nc4ccccc4)nc23)C1. The van der Waals surface area contributed by atoms with Gasteiger partial charge in [-0.1, -0.05) is 25.1 Å². The predicted octanol–water partition coefficient (Wildman–Crippen LogP) is 1.77. The lowest BCUT2D eigenvalue weighted by molar-refractivity contribution is -0.117. The minimum atomic E-state index is -0.345. The van der Waals surface area contributed by atoms with Gasteiger partial charge < -0.3 is 10.2 Å². The van der Waals surface area contributed by atoms with Gasteiger partial charge in [0.1, 0.15) is 6.54 Å². The third kappa shape index (κ3) is 3.55. The van der Waals surface area contributed by atoms with E-state index in [1.54, 1.807) is 24.5 Å². The van der Waals surface area contributed by atoms with Gasteiger partial charge in [-0.05, 0) is 30.9 Å². The van der Waals surface area contributed by atoms with Crippen LogP contribution in [0.2, 0.25) is 0 Å². The van der Waals surface area contributed by atoms with Crippen LogP contribution in [0, 0.1) is 5.92 Å². The summed E-state index contributed by atoms with van der Waals surface area (Å²) < 4.78 is 2.64. The highest BCUT2D eigenvalue weighted by Gasteiger charge is 2.22. The van der Waals surface area contributed by atoms with E-state index in [9.17, 15) is 9.59 Å². The molecule has 3 heterocycles. The lowest BCUT2D eigenvalue weighted by atomic mass is 10.0. The number of aromatic nitrogens is 4. The first kappa shape index (κ1) is 17.3. The number of carbonyl (C=O) groups is 1. The standard InChI is InChI=1S/C19H22N6O2/c1-14-6-5-10-23(12-14)17-18-22-25(19(27)24(18)11-9-20-17)13-16(26)21-15-7-3-2-4-8-15/h2-4,7-9,11,14H,5-6,10,12-13H2,1H3,(H,21,26)/t14-/m0/s1. The molecule has 8 heteroatoms. The van der Waals surface area contributed by atoms with Crippen LogP contribution in [0.15, 0.2) is 47.5 Å². The molecule has 27 heavy (non-hydrogen) atoms. The molecule has 1 N–H and O–H groups in total. The van der Waals surface area contributed by atoms with Crippen LogP contribution in [0.4, 0.5) is 11.5 Å². The Morgan fingerprint density at radius 3 is 2.89 bits per heavy atom. The van der Waals surface area contributed by atoms with E-state index in [-0.39, 0.29) is 18.1 Å². The second-order valence-corrected chi connectivity index (χ2v) is 6.99. The van der Waals surface area contributed by atoms with Crippen molar-refractivity contribution in [1.82, 2.24) is 19.2 Å². The zero-order chi connectivity index (χ0) is 18.8. The summed E-state index contributed by atoms with van der Waals surface area (Å²) in [6.07, 6.45) is 5.49. The van der Waals surface area contributed by atoms with Crippen molar-refractivity contribution in [3.8, 4) is 0 Å². The molecule has 1 aliphatic heterocycles. The maximum atomic E-state index is 12.7. The Balaban J connectivity index is 1.61. The van der Waals surface area contributed by atoms with Crippen molar-refractivity contribution in [3.63, 3.8) is 0 Å². The van der Waals surface area contributed by atoms with Crippen molar-refractivity contribution in [1.29, 1.82) is 0 Å². The highest BCUT2D eigenvalue weighted by Crippen LogP contribution is 2.23. The predicted molar refractivity (Wildman–Crippen MR) is 103 cm³/mol. The number of carbonyl (C=O) groups excluding carboxylic acids is 1. The number of piperidine rings is 1. The molecule has 1 atom stereocenters. The molecule has 0 unspecified atom stereocenters. The van der Waals surface area contributed by atoms with E-state index < -0.39 is 0 Å². The van der Waals surface area contributed by atoms with Crippen molar-refractivity contribution < 1.29 is 4.79 Å². The normalized spacial score (nSPS) is 17.2. The number of hydrogen-bond donors (Lipinski definition) is 1. The fraction of sp³-hybridized carbons (Fsp3) is 0.368. The van der Waals surface area contributed by atoms with Gasteiger partial charge in [0.15, 0.2) is 5.82 Å². The zero-order valence-corrected chi connectivity index (χ0v) is 15.2. The summed E-state index contributed by atoms with van der Waals surface area (Å²) >= 11 is 0. The molecule has 1 saturated heterocycles. The molecule has 0 saturated carbocycles. The average molecular weight is 366 g/mol. The van der Waals surface area contributed by atoms with Gasteiger partial charge in [-0.15, -0.1) is 5.10 Å². The Morgan fingerprint density at radius 1 is 1.30 bits per heavy atom. The van der Waals surface area contributed by atoms with E-state index in [2.05, 4.69) is 27.2 Å². The first-order valence-electron chi connectivity index (χ1n) is 9.16. The Bertz CT molecular complexity index is 1010. The Kier molecular flexibility index (Phi) is 4.62. The van der Waals surface area contributed by atoms with E-state index in [0.717, 1.165) is 19.5 Å². The molecule has 1 aromatic carbocycles. The summed E-state index contributed by atoms with van der Waals surface area (Å²) in [7, 11) is 0. The number of benzene rings is 1. The Hall–Kier alpha value is -3.16. The van der Waals surface area contributed by atoms with Gasteiger partial charge in [0.2, 0.25) is 11.6 Å². The third-order valence-electron chi connectivity index (χ3n) is 4.79. The van der Waals surface area contributed by atoms with Crippen LogP contribution in [-0.4, -0.2) is 38.2 Å². The number of nitrogens with one attached hydrogen (secondary N) is 1. The molecule has 1 fully saturated rings. The minimum absolute atomic E-state index is 0.148. The largest absolute Gasteiger partial charge is 0.353 e. The monoisotopic (exact) mass is 366 g/mol. The highest BCUT2D eigenvalue weighted by atomic mass is 16.2. The van der Waals surface area contributed by atoms with Crippen molar-refractivity contribution in [2.75, 3.05) is 23.3 Å². The molecular weight excluding hydrogens is 344 g/mol. The fourth-order valence-electron chi connectivity index (χ4n) is 3.50. The van der Waals surface area contributed by atoms with Crippen LogP contribution in [0.25, 0.3) is 5.65 Å². The number of fused-ring (bicyclic) bond motifs is 1. The number of rotatable bonds is 4. The number of nitrogens with zero attached hydrogens (tertiary/aromatic N) is 5. The van der Waals surface area contributed by atoms with Crippen molar-refractivity contribution in [2.24, 2.45) is 5.92 Å². The Morgan fingerprint density at radius 2 is 2.11 bits per heavy atom. The van der Waals surface area contributed by atoms with Crippen molar-refractivity contribution >= 4 is 23.1 Å². The van der Waals surface area contributed by atoms with E-state index >= 15 is 0 Å². The van der Waals surface area contributed by atoms with E-state index in [1.165, 1.54) is 15.5 Å². The second-order valence-electron chi connectivity index (χ2n) is 6.99. The highest BCUT2D eigenvalue weighted by molar-refractivity contribution is 5.90. The first-order chi connectivity index (χ1) is 13.1. The summed E-state index contributed by atoms with van der Waals surface area (Å²) in [5.74, 6) is 0.974. The molecule has 4 rings (SSSR count). The van der Waals surface area contributed by atoms with Crippen LogP contribution >= 0.6 is 0 Å². The molecule has 8 nitrogen and oxygen atoms in total. The first-order valence-corrected chi connectivity index (χ1v) is 9.16. The zero-order valence-electron chi connectivity index (χ0n) is 15.2. The molecule has 1 amide bonds. The molecule has 140 valence electrons. The van der Waals surface area contributed by atoms with E-state index in [0.29, 0.717) is 23.1 Å². The van der Waals surface area contributed by atoms with Gasteiger partial charge in [0.25, 0.3) is 0 Å². The molecule has 2 aromatic heterocycles. The van der Waals surface area contributed by atoms with Crippen LogP contribution < -0.4 is 15.9 Å². The molecule has 1 aliphatic rings. The molecule has 0 radical (unpaired) electrons. The minimum Gasteiger partial charge on any atom is -0.353 e. The van der Waals surface area contributed by atoms with Crippen molar-refractivity contribution in [2.45, 2.75) is 26.3 Å². The van der Waals surface area contributed by atoms with Crippen LogP contribution in [0.1, 0.15) is 19.8 Å². The van der Waals surface area contributed by atoms with Gasteiger partial charge in [0.05, 0.1) is 0 Å². The summed E-state index contributed by atoms with van der Waals surface area (Å²) in [4.78, 5) is 31.6. The molecular formula is C19H22N6O2. The van der Waals surface area contributed by atoms with E-state index in [1.807, 2.05) is 18.2 Å². The fourth-order valence-corrected chi connectivity index (χ4v) is 3.50. The van der Waals surface area contributed by atoms with Gasteiger partial charge >= 0.3 is 5.69 Å². The molecule has 0 bridgehead atoms. The van der Waals surface area contributed by atoms with Gasteiger partial charge in [-0.25, -0.2) is 18.9 Å². The third-order valence-corrected chi connectivity index (χ3v) is 4.79. The summed E-state index contributed by atoms with van der Waals surface area (Å²) in [5.41, 5.74) is 0.829. The maximum Gasteiger partial charge on any atom is 0.350 e. The number of amides is 1. The van der Waals surface area contributed by atoms with Crippen LogP contribution in [-0.2, 0) is 11.3 Å². The topological polar surface area (TPSA) is 84.5 Å². The molecule has 3 aromatic rings. The average Bonchev–Trinajstić information content (AvgIpc) is 2.98. The van der Waals surface area contributed by atoms with Crippen molar-refractivity contribution in [3.05, 3.63) is 53.2 Å². The number of anilines is 2. The molecule has 0 aliphatic carbocycles. The van der Waals surface area contributed by atoms with Crippen LogP contribution in [0.5, 0.6) is 0 Å². The summed E-state index contributed by atoms with van der Waals surface area (Å²) in [6, 6.07) is 9.14. The lowest BCUT2D eigenvalue weighted by Crippen LogP contribution is -2.35. The second kappa shape index (κ2) is 7.22. The molecule has 0 spiro atoms. The summed E-state index contributed by atoms with van der Waals surface area (Å²) in [5, 5.41) is 7.17. The van der Waals surface area contributed by atoms with Gasteiger partial charge in [-0.3, -0.25) is 4.79 Å². The lowest BCUT2D eigenvalue weighted by Gasteiger charge is -2.31. The van der Waals surface area contributed by atoms with E-state index in [4.69, 9.17) is 0 Å². The van der Waals surface area contributed by atoms with Crippen LogP contribution in [0.3, 0.4) is 0 Å². The Labute approximate surface area is 156 Å². The summed E-state index contributed by atoms with van der Waals surface area (Å²) in [6.45, 7) is 3.85. The quantitative estimate of drug-likeness (QED) is 0.761. The van der Waals surface area contributed by atoms with Gasteiger partial charge in [0, 0.05) is 31.2 Å². The number of para-hydroxylation sites is 1.